The van der Waals surface area contributed by atoms with E-state index in [1.807, 2.05) is 29.2 Å². The molecule has 5 heteroatoms. The number of benzene rings is 2. The molecule has 0 bridgehead atoms. The maximum absolute atomic E-state index is 14.1. The lowest BCUT2D eigenvalue weighted by atomic mass is 9.95. The van der Waals surface area contributed by atoms with E-state index in [1.165, 1.54) is 16.5 Å². The summed E-state index contributed by atoms with van der Waals surface area (Å²) in [6, 6.07) is 13.9. The first-order chi connectivity index (χ1) is 10.7. The monoisotopic (exact) mass is 312 g/mol. The van der Waals surface area contributed by atoms with Gasteiger partial charge < -0.3 is 4.90 Å². The van der Waals surface area contributed by atoms with Gasteiger partial charge in [-0.25, -0.2) is 4.39 Å². The molecule has 2 aliphatic heterocycles. The van der Waals surface area contributed by atoms with Gasteiger partial charge in [0.25, 0.3) is 5.91 Å². The van der Waals surface area contributed by atoms with Crippen molar-refractivity contribution in [2.24, 2.45) is 0 Å². The van der Waals surface area contributed by atoms with Crippen LogP contribution in [0.5, 0.6) is 0 Å². The molecule has 110 valence electrons. The van der Waals surface area contributed by atoms with Crippen LogP contribution in [0.15, 0.2) is 48.5 Å². The molecule has 0 spiro atoms. The average molecular weight is 312 g/mol. The molecule has 1 atom stereocenters. The zero-order valence-corrected chi connectivity index (χ0v) is 12.5. The predicted molar refractivity (Wildman–Crippen MR) is 86.0 cm³/mol. The van der Waals surface area contributed by atoms with Gasteiger partial charge in [0, 0.05) is 13.0 Å². The third-order valence-electron chi connectivity index (χ3n) is 4.28. The number of nitrogens with zero attached hydrogens (tertiary/aromatic N) is 2. The fourth-order valence-electron chi connectivity index (χ4n) is 3.17. The molecular formula is C17H13FN2OS. The fraction of sp³-hybridized carbons (Fsp3) is 0.176. The molecule has 2 aromatic rings. The minimum Gasteiger partial charge on any atom is -0.332 e. The van der Waals surface area contributed by atoms with Crippen molar-refractivity contribution in [1.82, 2.24) is 4.90 Å². The minimum atomic E-state index is -0.435. The zero-order valence-electron chi connectivity index (χ0n) is 11.7. The second-order valence-corrected chi connectivity index (χ2v) is 5.89. The molecule has 0 N–H and O–H groups in total. The number of fused-ring (bicyclic) bond motifs is 2. The summed E-state index contributed by atoms with van der Waals surface area (Å²) in [5.74, 6) is -0.583. The van der Waals surface area contributed by atoms with Crippen LogP contribution in [-0.4, -0.2) is 22.0 Å². The van der Waals surface area contributed by atoms with Crippen molar-refractivity contribution in [3.8, 4) is 0 Å². The van der Waals surface area contributed by atoms with Crippen molar-refractivity contribution >= 4 is 28.9 Å². The van der Waals surface area contributed by atoms with E-state index in [2.05, 4.69) is 0 Å². The summed E-state index contributed by atoms with van der Waals surface area (Å²) in [6.07, 6.45) is 0.611. The molecule has 2 heterocycles. The molecule has 1 saturated heterocycles. The first kappa shape index (κ1) is 13.4. The van der Waals surface area contributed by atoms with Crippen molar-refractivity contribution < 1.29 is 9.18 Å². The average Bonchev–Trinajstić information content (AvgIpc) is 2.77. The van der Waals surface area contributed by atoms with Gasteiger partial charge in [-0.3, -0.25) is 9.69 Å². The van der Waals surface area contributed by atoms with E-state index in [1.54, 1.807) is 18.2 Å². The number of thiocarbonyl (C=S) groups is 1. The van der Waals surface area contributed by atoms with Crippen LogP contribution in [0.25, 0.3) is 0 Å². The Hall–Kier alpha value is -2.27. The van der Waals surface area contributed by atoms with Gasteiger partial charge in [-0.1, -0.05) is 36.4 Å². The molecule has 0 radical (unpaired) electrons. The van der Waals surface area contributed by atoms with E-state index in [9.17, 15) is 9.18 Å². The summed E-state index contributed by atoms with van der Waals surface area (Å²) in [6.45, 7) is 0.594. The van der Waals surface area contributed by atoms with Gasteiger partial charge in [0.1, 0.15) is 11.9 Å². The Morgan fingerprint density at radius 3 is 2.50 bits per heavy atom. The number of anilines is 1. The molecule has 0 aromatic heterocycles. The molecular weight excluding hydrogens is 299 g/mol. The molecule has 0 unspecified atom stereocenters. The lowest BCUT2D eigenvalue weighted by Gasteiger charge is -2.30. The maximum Gasteiger partial charge on any atom is 0.256 e. The van der Waals surface area contributed by atoms with E-state index in [-0.39, 0.29) is 17.6 Å². The Bertz CT molecular complexity index is 749. The van der Waals surface area contributed by atoms with E-state index in [0.717, 1.165) is 5.56 Å². The van der Waals surface area contributed by atoms with Gasteiger partial charge in [-0.15, -0.1) is 0 Å². The highest BCUT2D eigenvalue weighted by atomic mass is 32.1. The molecule has 4 rings (SSSR count). The van der Waals surface area contributed by atoms with Crippen molar-refractivity contribution in [1.29, 1.82) is 0 Å². The minimum absolute atomic E-state index is 0.149. The van der Waals surface area contributed by atoms with Crippen LogP contribution in [0.1, 0.15) is 11.1 Å². The summed E-state index contributed by atoms with van der Waals surface area (Å²) in [5, 5.41) is 0.384. The number of carbonyl (C=O) groups excluding carboxylic acids is 1. The van der Waals surface area contributed by atoms with Crippen molar-refractivity contribution in [3.05, 3.63) is 65.5 Å². The Labute approximate surface area is 133 Å². The molecule has 3 nitrogen and oxygen atoms in total. The van der Waals surface area contributed by atoms with E-state index >= 15 is 0 Å². The second kappa shape index (κ2) is 4.88. The van der Waals surface area contributed by atoms with Gasteiger partial charge in [-0.05, 0) is 35.5 Å². The summed E-state index contributed by atoms with van der Waals surface area (Å²) in [5.41, 5.74) is 2.57. The van der Waals surface area contributed by atoms with Crippen LogP contribution in [-0.2, 0) is 17.8 Å². The SMILES string of the molecule is O=C1[C@H]2Cc3ccccc3CN2C(=S)N1c1ccccc1F. The van der Waals surface area contributed by atoms with Gasteiger partial charge in [0.2, 0.25) is 0 Å². The van der Waals surface area contributed by atoms with Crippen molar-refractivity contribution in [2.75, 3.05) is 4.90 Å². The lowest BCUT2D eigenvalue weighted by molar-refractivity contribution is -0.120. The van der Waals surface area contributed by atoms with Gasteiger partial charge in [0.15, 0.2) is 5.11 Å². The first-order valence-corrected chi connectivity index (χ1v) is 7.53. The normalized spacial score (nSPS) is 20.1. The Morgan fingerprint density at radius 2 is 1.73 bits per heavy atom. The summed E-state index contributed by atoms with van der Waals surface area (Å²) < 4.78 is 14.1. The highest BCUT2D eigenvalue weighted by Gasteiger charge is 2.45. The highest BCUT2D eigenvalue weighted by Crippen LogP contribution is 2.33. The van der Waals surface area contributed by atoms with Crippen LogP contribution in [0.3, 0.4) is 0 Å². The van der Waals surface area contributed by atoms with Crippen molar-refractivity contribution in [2.45, 2.75) is 19.0 Å². The summed E-state index contributed by atoms with van der Waals surface area (Å²) >= 11 is 5.45. The number of para-hydroxylation sites is 1. The molecule has 1 fully saturated rings. The number of hydrogen-bond acceptors (Lipinski definition) is 2. The van der Waals surface area contributed by atoms with E-state index in [0.29, 0.717) is 18.1 Å². The van der Waals surface area contributed by atoms with Crippen LogP contribution >= 0.6 is 12.2 Å². The molecule has 22 heavy (non-hydrogen) atoms. The van der Waals surface area contributed by atoms with E-state index < -0.39 is 5.82 Å². The number of amides is 1. The maximum atomic E-state index is 14.1. The molecule has 2 aliphatic rings. The Balaban J connectivity index is 1.75. The zero-order chi connectivity index (χ0) is 15.3. The van der Waals surface area contributed by atoms with Crippen LogP contribution in [0, 0.1) is 5.82 Å². The van der Waals surface area contributed by atoms with Crippen LogP contribution in [0.4, 0.5) is 10.1 Å². The van der Waals surface area contributed by atoms with Gasteiger partial charge in [0.05, 0.1) is 5.69 Å². The number of carbonyl (C=O) groups is 1. The fourth-order valence-corrected chi connectivity index (χ4v) is 3.55. The predicted octanol–water partition coefficient (Wildman–Crippen LogP) is 2.88. The highest BCUT2D eigenvalue weighted by molar-refractivity contribution is 7.80. The third kappa shape index (κ3) is 1.85. The van der Waals surface area contributed by atoms with Crippen molar-refractivity contribution in [3.63, 3.8) is 0 Å². The first-order valence-electron chi connectivity index (χ1n) is 7.12. The largest absolute Gasteiger partial charge is 0.332 e. The smallest absolute Gasteiger partial charge is 0.256 e. The van der Waals surface area contributed by atoms with Gasteiger partial charge in [-0.2, -0.15) is 0 Å². The van der Waals surface area contributed by atoms with Gasteiger partial charge >= 0.3 is 0 Å². The molecule has 0 aliphatic carbocycles. The number of halogens is 1. The third-order valence-corrected chi connectivity index (χ3v) is 4.70. The summed E-state index contributed by atoms with van der Waals surface area (Å²) in [4.78, 5) is 16.0. The molecule has 2 aromatic carbocycles. The summed E-state index contributed by atoms with van der Waals surface area (Å²) in [7, 11) is 0. The van der Waals surface area contributed by atoms with E-state index in [4.69, 9.17) is 12.2 Å². The quantitative estimate of drug-likeness (QED) is 0.757. The number of hydrogen-bond donors (Lipinski definition) is 0. The Morgan fingerprint density at radius 1 is 1.05 bits per heavy atom. The Kier molecular flexibility index (Phi) is 2.97. The lowest BCUT2D eigenvalue weighted by Crippen LogP contribution is -2.39. The van der Waals surface area contributed by atoms with Crippen LogP contribution in [0.2, 0.25) is 0 Å². The topological polar surface area (TPSA) is 23.6 Å². The standard InChI is InChI=1S/C17H13FN2OS/c18-13-7-3-4-8-14(13)20-16(21)15-9-11-5-1-2-6-12(11)10-19(15)17(20)22/h1-8,15H,9-10H2/t15-/m1/s1. The van der Waals surface area contributed by atoms with Crippen LogP contribution < -0.4 is 4.90 Å². The molecule has 1 amide bonds. The molecule has 0 saturated carbocycles. The number of rotatable bonds is 1. The second-order valence-electron chi connectivity index (χ2n) is 5.52.